The van der Waals surface area contributed by atoms with Gasteiger partial charge in [0.2, 0.25) is 5.91 Å². The molecule has 0 aliphatic heterocycles. The lowest BCUT2D eigenvalue weighted by molar-refractivity contribution is -0.120. The number of phenolic OH excluding ortho intramolecular Hbond substituents is 1. The number of thioether (sulfide) groups is 1. The van der Waals surface area contributed by atoms with Gasteiger partial charge in [0.05, 0.1) is 11.6 Å². The number of carbonyl (C=O) groups is 1. The predicted molar refractivity (Wildman–Crippen MR) is 140 cm³/mol. The summed E-state index contributed by atoms with van der Waals surface area (Å²) in [4.78, 5) is 17.6. The molecule has 2 aromatic carbocycles. The zero-order valence-electron chi connectivity index (χ0n) is 21.3. The van der Waals surface area contributed by atoms with Gasteiger partial charge in [-0.25, -0.2) is 9.37 Å². The number of hydrogen-bond donors (Lipinski definition) is 2. The molecule has 5 nitrogen and oxygen atoms in total. The van der Waals surface area contributed by atoms with Crippen LogP contribution in [0.25, 0.3) is 0 Å². The van der Waals surface area contributed by atoms with Crippen molar-refractivity contribution in [1.82, 2.24) is 14.9 Å². The molecule has 0 radical (unpaired) electrons. The van der Waals surface area contributed by atoms with Crippen molar-refractivity contribution in [1.29, 1.82) is 0 Å². The van der Waals surface area contributed by atoms with Crippen LogP contribution in [0.4, 0.5) is 4.39 Å². The number of phenols is 1. The summed E-state index contributed by atoms with van der Waals surface area (Å²) in [5.41, 5.74) is 1.27. The Balaban J connectivity index is 0.00000137. The maximum atomic E-state index is 13.9. The van der Waals surface area contributed by atoms with Gasteiger partial charge in [0, 0.05) is 35.8 Å². The molecule has 0 saturated carbocycles. The molecular weight excluding hydrogens is 449 g/mol. The molecule has 2 N–H and O–H groups in total. The molecule has 0 aliphatic rings. The Morgan fingerprint density at radius 3 is 2.44 bits per heavy atom. The van der Waals surface area contributed by atoms with Crippen LogP contribution in [0.2, 0.25) is 0 Å². The van der Waals surface area contributed by atoms with Crippen LogP contribution in [-0.4, -0.2) is 32.4 Å². The predicted octanol–water partition coefficient (Wildman–Crippen LogP) is 6.31. The van der Waals surface area contributed by atoms with Gasteiger partial charge in [-0.2, -0.15) is 0 Å². The molecule has 7 heteroatoms. The number of amides is 1. The number of imidazole rings is 1. The van der Waals surface area contributed by atoms with Gasteiger partial charge < -0.3 is 15.0 Å². The first-order chi connectivity index (χ1) is 16.3. The van der Waals surface area contributed by atoms with E-state index in [1.807, 2.05) is 65.3 Å². The molecule has 1 heterocycles. The van der Waals surface area contributed by atoms with Crippen molar-refractivity contribution in [3.05, 3.63) is 78.1 Å². The van der Waals surface area contributed by atoms with Crippen LogP contribution in [0.5, 0.6) is 5.75 Å². The van der Waals surface area contributed by atoms with Crippen molar-refractivity contribution in [2.24, 2.45) is 7.05 Å². The highest BCUT2D eigenvalue weighted by molar-refractivity contribution is 8.00. The van der Waals surface area contributed by atoms with Gasteiger partial charge in [-0.15, -0.1) is 11.8 Å². The number of aryl methyl sites for hydroxylation is 1. The first kappa shape index (κ1) is 29.2. The number of rotatable bonds is 8. The fraction of sp³-hybridized carbons (Fsp3) is 0.407. The van der Waals surface area contributed by atoms with Gasteiger partial charge in [0.15, 0.2) is 0 Å². The second-order valence-corrected chi connectivity index (χ2v) is 8.94. The number of nitrogens with zero attached hydrogens (tertiary/aromatic N) is 2. The van der Waals surface area contributed by atoms with E-state index in [1.165, 1.54) is 23.9 Å². The van der Waals surface area contributed by atoms with Crippen LogP contribution in [-0.2, 0) is 17.3 Å². The summed E-state index contributed by atoms with van der Waals surface area (Å²) in [7, 11) is 1.91. The third-order valence-corrected chi connectivity index (χ3v) is 6.36. The minimum atomic E-state index is -0.512. The fourth-order valence-corrected chi connectivity index (χ4v) is 4.48. The van der Waals surface area contributed by atoms with Crippen molar-refractivity contribution < 1.29 is 14.3 Å². The van der Waals surface area contributed by atoms with Gasteiger partial charge in [-0.05, 0) is 56.2 Å². The van der Waals surface area contributed by atoms with Crippen LogP contribution in [0.3, 0.4) is 0 Å². The van der Waals surface area contributed by atoms with Crippen LogP contribution in [0.1, 0.15) is 59.2 Å². The van der Waals surface area contributed by atoms with Crippen LogP contribution in [0.15, 0.2) is 66.0 Å². The van der Waals surface area contributed by atoms with Gasteiger partial charge in [-0.1, -0.05) is 45.9 Å². The van der Waals surface area contributed by atoms with Crippen molar-refractivity contribution in [3.8, 4) is 5.75 Å². The second kappa shape index (κ2) is 14.5. The number of aromatic hydroxyl groups is 1. The van der Waals surface area contributed by atoms with E-state index in [0.717, 1.165) is 16.2 Å². The minimum absolute atomic E-state index is 0.0880. The first-order valence-corrected chi connectivity index (χ1v) is 12.6. The molecule has 34 heavy (non-hydrogen) atoms. The monoisotopic (exact) mass is 487 g/mol. The Morgan fingerprint density at radius 1 is 1.18 bits per heavy atom. The van der Waals surface area contributed by atoms with Gasteiger partial charge in [0.1, 0.15) is 11.6 Å². The van der Waals surface area contributed by atoms with Gasteiger partial charge in [-0.3, -0.25) is 4.79 Å². The van der Waals surface area contributed by atoms with Gasteiger partial charge >= 0.3 is 0 Å². The summed E-state index contributed by atoms with van der Waals surface area (Å²) in [6, 6.07) is 13.4. The van der Waals surface area contributed by atoms with Crippen LogP contribution >= 0.6 is 11.8 Å². The lowest BCUT2D eigenvalue weighted by Gasteiger charge is -2.31. The quantitative estimate of drug-likeness (QED) is 0.365. The van der Waals surface area contributed by atoms with Crippen molar-refractivity contribution in [2.45, 2.75) is 63.5 Å². The van der Waals surface area contributed by atoms with E-state index in [-0.39, 0.29) is 22.7 Å². The third-order valence-electron chi connectivity index (χ3n) is 5.27. The van der Waals surface area contributed by atoms with E-state index in [1.54, 1.807) is 36.8 Å². The van der Waals surface area contributed by atoms with Gasteiger partial charge in [0.25, 0.3) is 0 Å². The molecule has 2 atom stereocenters. The van der Waals surface area contributed by atoms with Crippen LogP contribution in [0, 0.1) is 5.82 Å². The summed E-state index contributed by atoms with van der Waals surface area (Å²) in [6.45, 7) is 12.3. The highest BCUT2D eigenvalue weighted by Gasteiger charge is 2.32. The van der Waals surface area contributed by atoms with E-state index < -0.39 is 5.41 Å². The molecule has 0 fully saturated rings. The van der Waals surface area contributed by atoms with Crippen molar-refractivity contribution in [2.75, 3.05) is 6.54 Å². The molecule has 0 bridgehead atoms. The normalized spacial score (nSPS) is 12.8. The molecule has 0 spiro atoms. The lowest BCUT2D eigenvalue weighted by Crippen LogP contribution is -2.36. The molecule has 186 valence electrons. The summed E-state index contributed by atoms with van der Waals surface area (Å²) in [5, 5.41) is 12.3. The van der Waals surface area contributed by atoms with Crippen molar-refractivity contribution >= 4 is 17.7 Å². The number of aromatic nitrogens is 2. The number of nitrogens with one attached hydrogen (secondary N) is 1. The largest absolute Gasteiger partial charge is 0.508 e. The highest BCUT2D eigenvalue weighted by atomic mass is 32.2. The zero-order valence-corrected chi connectivity index (χ0v) is 22.1. The van der Waals surface area contributed by atoms with E-state index in [4.69, 9.17) is 0 Å². The van der Waals surface area contributed by atoms with Crippen molar-refractivity contribution in [3.63, 3.8) is 0 Å². The molecule has 3 aromatic rings. The highest BCUT2D eigenvalue weighted by Crippen LogP contribution is 2.35. The molecule has 2 unspecified atom stereocenters. The molecule has 3 rings (SSSR count). The van der Waals surface area contributed by atoms with E-state index in [9.17, 15) is 14.3 Å². The topological polar surface area (TPSA) is 67.2 Å². The maximum Gasteiger partial charge on any atom is 0.233 e. The standard InChI is InChI=1S/C23H26FN3O2S.2C2H6/c1-16(30-20-9-5-8-19(28)13-20)22(29)26-11-10-23(2,21-14-25-15-27(21)3)17-6-4-7-18(24)12-17;2*1-2/h4-9,12-16,28H,10-11H2,1-3H3,(H,26,29);2*1-2H3. The minimum Gasteiger partial charge on any atom is -0.508 e. The fourth-order valence-electron chi connectivity index (χ4n) is 3.53. The number of hydrogen-bond acceptors (Lipinski definition) is 4. The third kappa shape index (κ3) is 7.90. The lowest BCUT2D eigenvalue weighted by atomic mass is 9.76. The summed E-state index contributed by atoms with van der Waals surface area (Å²) >= 11 is 1.39. The molecule has 0 saturated heterocycles. The SMILES string of the molecule is CC.CC.CC(Sc1cccc(O)c1)C(=O)NCCC(C)(c1cccc(F)c1)c1cncn1C. The zero-order chi connectivity index (χ0) is 25.7. The Labute approximate surface area is 207 Å². The number of halogens is 1. The Morgan fingerprint density at radius 2 is 1.85 bits per heavy atom. The molecule has 1 aromatic heterocycles. The average molecular weight is 488 g/mol. The second-order valence-electron chi connectivity index (χ2n) is 7.53. The van der Waals surface area contributed by atoms with E-state index in [0.29, 0.717) is 13.0 Å². The number of benzene rings is 2. The molecule has 1 amide bonds. The summed E-state index contributed by atoms with van der Waals surface area (Å²) in [6.07, 6.45) is 4.10. The Kier molecular flexibility index (Phi) is 12.4. The summed E-state index contributed by atoms with van der Waals surface area (Å²) in [5.74, 6) is -0.203. The average Bonchev–Trinajstić information content (AvgIpc) is 3.28. The molecule has 0 aliphatic carbocycles. The van der Waals surface area contributed by atoms with Crippen LogP contribution < -0.4 is 5.32 Å². The molecular formula is C27H38FN3O2S. The number of carbonyl (C=O) groups excluding carboxylic acids is 1. The smallest absolute Gasteiger partial charge is 0.233 e. The van der Waals surface area contributed by atoms with E-state index >= 15 is 0 Å². The van der Waals surface area contributed by atoms with E-state index in [2.05, 4.69) is 10.3 Å². The maximum absolute atomic E-state index is 13.9. The first-order valence-electron chi connectivity index (χ1n) is 11.8. The Hall–Kier alpha value is -2.80. The Bertz CT molecular complexity index is 1020. The summed E-state index contributed by atoms with van der Waals surface area (Å²) < 4.78 is 15.8.